The second-order valence-electron chi connectivity index (χ2n) is 8.43. The molecule has 0 amide bonds. The number of fused-ring (bicyclic) bond motifs is 1. The van der Waals surface area contributed by atoms with E-state index in [1.54, 1.807) is 13.4 Å². The van der Waals surface area contributed by atoms with Crippen molar-refractivity contribution in [3.8, 4) is 0 Å². The highest BCUT2D eigenvalue weighted by Crippen LogP contribution is 2.27. The lowest BCUT2D eigenvalue weighted by molar-refractivity contribution is 0.0486. The van der Waals surface area contributed by atoms with Crippen LogP contribution >= 0.6 is 0 Å². The van der Waals surface area contributed by atoms with Gasteiger partial charge in [-0.05, 0) is 12.8 Å². The molecule has 1 saturated carbocycles. The average Bonchev–Trinajstić information content (AvgIpc) is 3.17. The van der Waals surface area contributed by atoms with Gasteiger partial charge in [-0.3, -0.25) is 9.80 Å². The summed E-state index contributed by atoms with van der Waals surface area (Å²) in [4.78, 5) is 16.6. The number of anilines is 1. The molecule has 152 valence electrons. The van der Waals surface area contributed by atoms with Crippen LogP contribution in [0.5, 0.6) is 0 Å². The Labute approximate surface area is 166 Å². The van der Waals surface area contributed by atoms with Gasteiger partial charge in [0.05, 0.1) is 12.3 Å². The van der Waals surface area contributed by atoms with E-state index in [0.29, 0.717) is 18.4 Å². The largest absolute Gasteiger partial charge is 0.378 e. The van der Waals surface area contributed by atoms with Crippen molar-refractivity contribution in [3.05, 3.63) is 18.1 Å². The minimum atomic E-state index is 0.497. The summed E-state index contributed by atoms with van der Waals surface area (Å²) >= 11 is 0. The first-order valence-electron chi connectivity index (χ1n) is 10.7. The summed E-state index contributed by atoms with van der Waals surface area (Å²) in [5, 5.41) is 4.36. The molecule has 0 spiro atoms. The van der Waals surface area contributed by atoms with Gasteiger partial charge in [-0.15, -0.1) is 0 Å². The molecule has 8 nitrogen and oxygen atoms in total. The zero-order valence-corrected chi connectivity index (χ0v) is 16.8. The number of hydrogen-bond donors (Lipinski definition) is 0. The lowest BCUT2D eigenvalue weighted by Crippen LogP contribution is -2.64. The van der Waals surface area contributed by atoms with Gasteiger partial charge in [0, 0.05) is 64.5 Å². The predicted molar refractivity (Wildman–Crippen MR) is 108 cm³/mol. The zero-order valence-electron chi connectivity index (χ0n) is 16.8. The summed E-state index contributed by atoms with van der Waals surface area (Å²) in [6.45, 7) is 7.49. The zero-order chi connectivity index (χ0) is 18.9. The number of piperazine rings is 1. The minimum Gasteiger partial charge on any atom is -0.378 e. The smallest absolute Gasteiger partial charge is 0.254 e. The average molecular weight is 386 g/mol. The van der Waals surface area contributed by atoms with E-state index in [1.807, 2.05) is 4.52 Å². The monoisotopic (exact) mass is 385 g/mol. The molecular formula is C20H31N7O. The quantitative estimate of drug-likeness (QED) is 0.771. The third kappa shape index (κ3) is 3.49. The van der Waals surface area contributed by atoms with Gasteiger partial charge in [-0.1, -0.05) is 19.3 Å². The lowest BCUT2D eigenvalue weighted by atomic mass is 9.93. The van der Waals surface area contributed by atoms with Crippen molar-refractivity contribution in [2.45, 2.75) is 50.8 Å². The fraction of sp³-hybridized carbons (Fsp3) is 0.750. The minimum absolute atomic E-state index is 0.497. The van der Waals surface area contributed by atoms with Crippen LogP contribution in [-0.2, 0) is 11.3 Å². The van der Waals surface area contributed by atoms with E-state index >= 15 is 0 Å². The van der Waals surface area contributed by atoms with Crippen LogP contribution in [0.4, 0.5) is 5.82 Å². The van der Waals surface area contributed by atoms with E-state index in [-0.39, 0.29) is 0 Å². The first-order valence-corrected chi connectivity index (χ1v) is 10.7. The van der Waals surface area contributed by atoms with E-state index in [2.05, 4.69) is 35.8 Å². The molecule has 2 aromatic rings. The van der Waals surface area contributed by atoms with E-state index in [4.69, 9.17) is 4.74 Å². The molecule has 0 radical (unpaired) electrons. The van der Waals surface area contributed by atoms with Gasteiger partial charge in [0.15, 0.2) is 0 Å². The SMILES string of the molecule is COCc1cc(N2CC(N3CCN(C4CCCCC4)CC3)C2)n2ncnc2n1. The van der Waals surface area contributed by atoms with Gasteiger partial charge in [0.2, 0.25) is 0 Å². The first-order chi connectivity index (χ1) is 13.8. The molecule has 1 aliphatic carbocycles. The van der Waals surface area contributed by atoms with Crippen molar-refractivity contribution in [2.24, 2.45) is 0 Å². The molecule has 2 aliphatic heterocycles. The summed E-state index contributed by atoms with van der Waals surface area (Å²) in [6, 6.07) is 3.58. The van der Waals surface area contributed by atoms with Gasteiger partial charge >= 0.3 is 0 Å². The lowest BCUT2D eigenvalue weighted by Gasteiger charge is -2.50. The standard InChI is InChI=1S/C20H31N7O/c1-28-14-16-11-19(27-20(23-16)21-15-22-27)26-12-18(13-26)25-9-7-24(8-10-25)17-5-3-2-4-6-17/h11,15,17-18H,2-10,12-14H2,1H3. The normalized spacial score (nSPS) is 23.4. The van der Waals surface area contributed by atoms with Crippen LogP contribution < -0.4 is 4.90 Å². The fourth-order valence-corrected chi connectivity index (χ4v) is 5.08. The molecule has 0 atom stereocenters. The molecule has 3 fully saturated rings. The molecule has 2 saturated heterocycles. The van der Waals surface area contributed by atoms with Crippen molar-refractivity contribution >= 4 is 11.6 Å². The van der Waals surface area contributed by atoms with Gasteiger partial charge in [-0.25, -0.2) is 4.98 Å². The van der Waals surface area contributed by atoms with E-state index < -0.39 is 0 Å². The second-order valence-corrected chi connectivity index (χ2v) is 8.43. The fourth-order valence-electron chi connectivity index (χ4n) is 5.08. The van der Waals surface area contributed by atoms with Crippen LogP contribution in [0, 0.1) is 0 Å². The van der Waals surface area contributed by atoms with Gasteiger partial charge in [0.25, 0.3) is 5.78 Å². The Morgan fingerprint density at radius 1 is 1.00 bits per heavy atom. The molecule has 2 aromatic heterocycles. The number of methoxy groups -OCH3 is 1. The highest BCUT2D eigenvalue weighted by atomic mass is 16.5. The highest BCUT2D eigenvalue weighted by Gasteiger charge is 2.36. The Hall–Kier alpha value is -1.77. The van der Waals surface area contributed by atoms with Gasteiger partial charge < -0.3 is 9.64 Å². The molecule has 28 heavy (non-hydrogen) atoms. The van der Waals surface area contributed by atoms with Crippen molar-refractivity contribution in [2.75, 3.05) is 51.3 Å². The molecule has 8 heteroatoms. The summed E-state index contributed by atoms with van der Waals surface area (Å²) in [6.07, 6.45) is 8.69. The van der Waals surface area contributed by atoms with E-state index in [9.17, 15) is 0 Å². The number of aromatic nitrogens is 4. The van der Waals surface area contributed by atoms with Crippen molar-refractivity contribution in [3.63, 3.8) is 0 Å². The number of ether oxygens (including phenoxy) is 1. The molecule has 4 heterocycles. The van der Waals surface area contributed by atoms with Crippen LogP contribution in [0.25, 0.3) is 5.78 Å². The van der Waals surface area contributed by atoms with Crippen molar-refractivity contribution < 1.29 is 4.74 Å². The molecule has 5 rings (SSSR count). The van der Waals surface area contributed by atoms with Crippen molar-refractivity contribution in [1.29, 1.82) is 0 Å². The summed E-state index contributed by atoms with van der Waals surface area (Å²) < 4.78 is 7.11. The second kappa shape index (κ2) is 7.93. The summed E-state index contributed by atoms with van der Waals surface area (Å²) in [5.74, 6) is 1.72. The van der Waals surface area contributed by atoms with Crippen LogP contribution in [0.1, 0.15) is 37.8 Å². The third-order valence-corrected chi connectivity index (χ3v) is 6.72. The topological polar surface area (TPSA) is 62.0 Å². The predicted octanol–water partition coefficient (Wildman–Crippen LogP) is 1.41. The first kappa shape index (κ1) is 18.3. The Morgan fingerprint density at radius 2 is 1.71 bits per heavy atom. The number of nitrogens with zero attached hydrogens (tertiary/aromatic N) is 7. The maximum Gasteiger partial charge on any atom is 0.254 e. The van der Waals surface area contributed by atoms with Crippen LogP contribution in [0.3, 0.4) is 0 Å². The molecule has 3 aliphatic rings. The summed E-state index contributed by atoms with van der Waals surface area (Å²) in [7, 11) is 1.70. The van der Waals surface area contributed by atoms with Crippen LogP contribution in [0.15, 0.2) is 12.4 Å². The third-order valence-electron chi connectivity index (χ3n) is 6.72. The maximum atomic E-state index is 5.26. The highest BCUT2D eigenvalue weighted by molar-refractivity contribution is 5.49. The molecule has 0 aromatic carbocycles. The number of rotatable bonds is 5. The Bertz CT molecular complexity index is 789. The Kier molecular flexibility index (Phi) is 5.17. The molecule has 0 bridgehead atoms. The number of hydrogen-bond acceptors (Lipinski definition) is 7. The van der Waals surface area contributed by atoms with Crippen LogP contribution in [0.2, 0.25) is 0 Å². The van der Waals surface area contributed by atoms with Gasteiger partial charge in [-0.2, -0.15) is 14.6 Å². The Morgan fingerprint density at radius 3 is 2.43 bits per heavy atom. The van der Waals surface area contributed by atoms with Gasteiger partial charge in [0.1, 0.15) is 12.1 Å². The molecule has 0 unspecified atom stereocenters. The maximum absolute atomic E-state index is 5.26. The molecule has 0 N–H and O–H groups in total. The van der Waals surface area contributed by atoms with E-state index in [0.717, 1.165) is 30.6 Å². The summed E-state index contributed by atoms with van der Waals surface area (Å²) in [5.41, 5.74) is 0.905. The van der Waals surface area contributed by atoms with Crippen LogP contribution in [-0.4, -0.2) is 87.8 Å². The Balaban J connectivity index is 1.19. The van der Waals surface area contributed by atoms with Crippen molar-refractivity contribution in [1.82, 2.24) is 29.4 Å². The molecular weight excluding hydrogens is 354 g/mol. The van der Waals surface area contributed by atoms with E-state index in [1.165, 1.54) is 58.3 Å².